The Bertz CT molecular complexity index is 1200. The van der Waals surface area contributed by atoms with E-state index in [0.717, 1.165) is 12.1 Å². The Hall–Kier alpha value is -3.55. The molecular weight excluding hydrogens is 374 g/mol. The number of ketones is 1. The van der Waals surface area contributed by atoms with Crippen molar-refractivity contribution >= 4 is 11.4 Å². The van der Waals surface area contributed by atoms with Crippen LogP contribution in [-0.2, 0) is 6.18 Å². The van der Waals surface area contributed by atoms with Crippen molar-refractivity contribution in [3.05, 3.63) is 89.5 Å². The summed E-state index contributed by atoms with van der Waals surface area (Å²) in [6.45, 7) is 0. The van der Waals surface area contributed by atoms with Crippen molar-refractivity contribution in [2.45, 2.75) is 6.18 Å². The first-order valence-corrected chi connectivity index (χ1v) is 8.16. The highest BCUT2D eigenvalue weighted by atomic mass is 19.4. The van der Waals surface area contributed by atoms with Gasteiger partial charge in [-0.3, -0.25) is 4.79 Å². The smallest absolute Gasteiger partial charge is 0.288 e. The number of hydrogen-bond acceptors (Lipinski definition) is 3. The van der Waals surface area contributed by atoms with Crippen LogP contribution in [0.3, 0.4) is 0 Å². The summed E-state index contributed by atoms with van der Waals surface area (Å²) in [6, 6.07) is 11.8. The second-order valence-corrected chi connectivity index (χ2v) is 6.01. The third kappa shape index (κ3) is 3.02. The molecule has 140 valence electrons. The van der Waals surface area contributed by atoms with Crippen LogP contribution in [0.4, 0.5) is 17.6 Å². The van der Waals surface area contributed by atoms with Gasteiger partial charge in [-0.15, -0.1) is 0 Å². The average molecular weight is 385 g/mol. The van der Waals surface area contributed by atoms with E-state index in [1.54, 1.807) is 0 Å². The molecule has 0 saturated carbocycles. The van der Waals surface area contributed by atoms with Crippen molar-refractivity contribution in [1.82, 2.24) is 14.6 Å². The molecule has 0 radical (unpaired) electrons. The van der Waals surface area contributed by atoms with Crippen molar-refractivity contribution < 1.29 is 22.4 Å². The highest BCUT2D eigenvalue weighted by Crippen LogP contribution is 2.32. The largest absolute Gasteiger partial charge is 0.416 e. The Balaban J connectivity index is 1.84. The standard InChI is InChI=1S/C20H11F4N3O/c21-16-7-2-1-6-14(16)18(28)15-11-26-27-17(8-9-25-19(15)27)12-4-3-5-13(10-12)20(22,23)24/h1-11H. The zero-order valence-corrected chi connectivity index (χ0v) is 14.1. The van der Waals surface area contributed by atoms with Gasteiger partial charge in [0.2, 0.25) is 5.78 Å². The first-order valence-electron chi connectivity index (χ1n) is 8.16. The summed E-state index contributed by atoms with van der Waals surface area (Å²) in [5.74, 6) is -1.29. The third-order valence-electron chi connectivity index (χ3n) is 4.25. The molecule has 0 amide bonds. The van der Waals surface area contributed by atoms with Gasteiger partial charge in [-0.2, -0.15) is 18.3 Å². The quantitative estimate of drug-likeness (QED) is 0.377. The van der Waals surface area contributed by atoms with Crippen molar-refractivity contribution in [3.63, 3.8) is 0 Å². The van der Waals surface area contributed by atoms with Crippen LogP contribution in [0, 0.1) is 5.82 Å². The summed E-state index contributed by atoms with van der Waals surface area (Å²) >= 11 is 0. The molecule has 8 heteroatoms. The number of aromatic nitrogens is 3. The van der Waals surface area contributed by atoms with E-state index < -0.39 is 23.3 Å². The molecule has 2 aromatic carbocycles. The van der Waals surface area contributed by atoms with E-state index in [2.05, 4.69) is 10.1 Å². The van der Waals surface area contributed by atoms with Gasteiger partial charge in [0, 0.05) is 11.8 Å². The van der Waals surface area contributed by atoms with Gasteiger partial charge < -0.3 is 0 Å². The van der Waals surface area contributed by atoms with Crippen LogP contribution in [0.2, 0.25) is 0 Å². The number of benzene rings is 2. The first kappa shape index (κ1) is 17.8. The molecule has 4 aromatic rings. The zero-order valence-electron chi connectivity index (χ0n) is 14.1. The Labute approximate surface area is 156 Å². The fourth-order valence-electron chi connectivity index (χ4n) is 2.92. The van der Waals surface area contributed by atoms with E-state index in [1.165, 1.54) is 59.4 Å². The van der Waals surface area contributed by atoms with E-state index >= 15 is 0 Å². The summed E-state index contributed by atoms with van der Waals surface area (Å²) in [5.41, 5.74) is -0.172. The number of alkyl halides is 3. The van der Waals surface area contributed by atoms with Gasteiger partial charge in [0.05, 0.1) is 28.6 Å². The number of fused-ring (bicyclic) bond motifs is 1. The van der Waals surface area contributed by atoms with E-state index in [0.29, 0.717) is 5.69 Å². The maximum Gasteiger partial charge on any atom is 0.416 e. The van der Waals surface area contributed by atoms with Gasteiger partial charge >= 0.3 is 6.18 Å². The summed E-state index contributed by atoms with van der Waals surface area (Å²) in [5, 5.41) is 4.09. The molecule has 2 heterocycles. The van der Waals surface area contributed by atoms with Gasteiger partial charge in [0.1, 0.15) is 5.82 Å². The van der Waals surface area contributed by atoms with Crippen molar-refractivity contribution in [2.75, 3.05) is 0 Å². The minimum absolute atomic E-state index is 0.0546. The monoisotopic (exact) mass is 385 g/mol. The lowest BCUT2D eigenvalue weighted by Gasteiger charge is -2.10. The fourth-order valence-corrected chi connectivity index (χ4v) is 2.92. The molecule has 28 heavy (non-hydrogen) atoms. The highest BCUT2D eigenvalue weighted by molar-refractivity contribution is 6.12. The van der Waals surface area contributed by atoms with Gasteiger partial charge in [0.15, 0.2) is 5.65 Å². The highest BCUT2D eigenvalue weighted by Gasteiger charge is 2.30. The second kappa shape index (κ2) is 6.56. The van der Waals surface area contributed by atoms with Gasteiger partial charge in [-0.1, -0.05) is 24.3 Å². The molecule has 0 spiro atoms. The molecule has 0 atom stereocenters. The van der Waals surface area contributed by atoms with Gasteiger partial charge in [-0.25, -0.2) is 13.9 Å². The number of hydrogen-bond donors (Lipinski definition) is 0. The average Bonchev–Trinajstić information content (AvgIpc) is 3.11. The molecule has 0 aliphatic heterocycles. The number of carbonyl (C=O) groups excluding carboxylic acids is 1. The van der Waals surface area contributed by atoms with E-state index in [9.17, 15) is 22.4 Å². The lowest BCUT2D eigenvalue weighted by Crippen LogP contribution is -2.06. The second-order valence-electron chi connectivity index (χ2n) is 6.01. The topological polar surface area (TPSA) is 47.3 Å². The predicted octanol–water partition coefficient (Wildman–Crippen LogP) is 4.79. The molecule has 4 nitrogen and oxygen atoms in total. The van der Waals surface area contributed by atoms with Crippen LogP contribution in [0.5, 0.6) is 0 Å². The molecule has 4 rings (SSSR count). The maximum atomic E-state index is 14.0. The summed E-state index contributed by atoms with van der Waals surface area (Å²) in [6.07, 6.45) is -1.89. The van der Waals surface area contributed by atoms with Crippen LogP contribution in [0.15, 0.2) is 67.0 Å². The van der Waals surface area contributed by atoms with Crippen molar-refractivity contribution in [3.8, 4) is 11.3 Å². The molecule has 0 aliphatic rings. The minimum Gasteiger partial charge on any atom is -0.288 e. The minimum atomic E-state index is -4.49. The molecule has 0 aliphatic carbocycles. The molecule has 0 saturated heterocycles. The molecule has 0 bridgehead atoms. The molecule has 0 N–H and O–H groups in total. The Morgan fingerprint density at radius 3 is 2.50 bits per heavy atom. The maximum absolute atomic E-state index is 14.0. The SMILES string of the molecule is O=C(c1ccccc1F)c1cnn2c(-c3cccc(C(F)(F)F)c3)ccnc12. The number of rotatable bonds is 3. The number of halogens is 4. The lowest BCUT2D eigenvalue weighted by atomic mass is 10.1. The molecule has 0 unspecified atom stereocenters. The molecular formula is C20H11F4N3O. The lowest BCUT2D eigenvalue weighted by molar-refractivity contribution is -0.137. The molecule has 2 aromatic heterocycles. The fraction of sp³-hybridized carbons (Fsp3) is 0.0500. The van der Waals surface area contributed by atoms with Crippen molar-refractivity contribution in [1.29, 1.82) is 0 Å². The van der Waals surface area contributed by atoms with Crippen LogP contribution in [0.25, 0.3) is 16.9 Å². The Kier molecular flexibility index (Phi) is 4.18. The van der Waals surface area contributed by atoms with Crippen molar-refractivity contribution in [2.24, 2.45) is 0 Å². The zero-order chi connectivity index (χ0) is 19.9. The van der Waals surface area contributed by atoms with E-state index in [-0.39, 0.29) is 22.3 Å². The Morgan fingerprint density at radius 2 is 1.75 bits per heavy atom. The summed E-state index contributed by atoms with van der Waals surface area (Å²) in [7, 11) is 0. The third-order valence-corrected chi connectivity index (χ3v) is 4.25. The van der Waals surface area contributed by atoms with Crippen LogP contribution >= 0.6 is 0 Å². The Morgan fingerprint density at radius 1 is 0.964 bits per heavy atom. The van der Waals surface area contributed by atoms with Gasteiger partial charge in [0.25, 0.3) is 0 Å². The number of carbonyl (C=O) groups is 1. The van der Waals surface area contributed by atoms with E-state index in [1.807, 2.05) is 0 Å². The van der Waals surface area contributed by atoms with E-state index in [4.69, 9.17) is 0 Å². The summed E-state index contributed by atoms with van der Waals surface area (Å²) < 4.78 is 54.3. The first-order chi connectivity index (χ1) is 13.4. The van der Waals surface area contributed by atoms with Crippen LogP contribution in [0.1, 0.15) is 21.5 Å². The number of nitrogens with zero attached hydrogens (tertiary/aromatic N) is 3. The normalized spacial score (nSPS) is 11.7. The predicted molar refractivity (Wildman–Crippen MR) is 93.3 cm³/mol. The summed E-state index contributed by atoms with van der Waals surface area (Å²) in [4.78, 5) is 16.8. The van der Waals surface area contributed by atoms with Crippen LogP contribution in [-0.4, -0.2) is 20.4 Å². The molecule has 0 fully saturated rings. The van der Waals surface area contributed by atoms with Crippen LogP contribution < -0.4 is 0 Å². The van der Waals surface area contributed by atoms with Gasteiger partial charge in [-0.05, 0) is 30.3 Å².